The molecule has 108 valence electrons. The van der Waals surface area contributed by atoms with E-state index >= 15 is 0 Å². The van der Waals surface area contributed by atoms with Gasteiger partial charge in [-0.15, -0.1) is 0 Å². The number of nitrogens with zero attached hydrogens (tertiary/aromatic N) is 1. The van der Waals surface area contributed by atoms with E-state index in [1.54, 1.807) is 7.11 Å². The Morgan fingerprint density at radius 3 is 2.57 bits per heavy atom. The molecule has 0 saturated heterocycles. The number of ether oxygens (including phenoxy) is 1. The van der Waals surface area contributed by atoms with Crippen LogP contribution in [0.25, 0.3) is 10.9 Å². The highest BCUT2D eigenvalue weighted by atomic mass is 16.5. The largest absolute Gasteiger partial charge is 0.497 e. The zero-order valence-electron chi connectivity index (χ0n) is 12.7. The molecule has 2 nitrogen and oxygen atoms in total. The number of benzene rings is 2. The molecule has 2 aromatic carbocycles. The summed E-state index contributed by atoms with van der Waals surface area (Å²) in [5.74, 6) is 0.920. The lowest BCUT2D eigenvalue weighted by molar-refractivity contribution is 0.415. The summed E-state index contributed by atoms with van der Waals surface area (Å²) in [5, 5.41) is 1.26. The van der Waals surface area contributed by atoms with Gasteiger partial charge in [0.1, 0.15) is 5.75 Å². The predicted molar refractivity (Wildman–Crippen MR) is 88.0 cm³/mol. The second-order valence-corrected chi connectivity index (χ2v) is 5.45. The Kier molecular flexibility index (Phi) is 3.96. The Morgan fingerprint density at radius 2 is 1.81 bits per heavy atom. The van der Waals surface area contributed by atoms with E-state index in [-0.39, 0.29) is 0 Å². The molecule has 0 amide bonds. The van der Waals surface area contributed by atoms with Gasteiger partial charge in [-0.05, 0) is 49.6 Å². The van der Waals surface area contributed by atoms with Crippen LogP contribution in [0.5, 0.6) is 5.75 Å². The summed E-state index contributed by atoms with van der Waals surface area (Å²) in [6.45, 7) is 3.23. The Hall–Kier alpha value is -2.22. The van der Waals surface area contributed by atoms with Gasteiger partial charge in [0.2, 0.25) is 0 Å². The van der Waals surface area contributed by atoms with Crippen LogP contribution in [0.2, 0.25) is 0 Å². The summed E-state index contributed by atoms with van der Waals surface area (Å²) in [5.41, 5.74) is 4.01. The molecule has 0 saturated carbocycles. The van der Waals surface area contributed by atoms with Crippen LogP contribution in [0, 0.1) is 6.92 Å². The summed E-state index contributed by atoms with van der Waals surface area (Å²) in [4.78, 5) is 0. The Balaban J connectivity index is 1.76. The highest BCUT2D eigenvalue weighted by molar-refractivity contribution is 5.82. The average Bonchev–Trinajstić information content (AvgIpc) is 2.83. The quantitative estimate of drug-likeness (QED) is 0.666. The molecule has 0 spiro atoms. The van der Waals surface area contributed by atoms with Crippen molar-refractivity contribution in [2.75, 3.05) is 7.11 Å². The molecule has 0 atom stereocenters. The minimum absolute atomic E-state index is 0.920. The second-order valence-electron chi connectivity index (χ2n) is 5.45. The molecule has 0 aliphatic carbocycles. The number of aryl methyl sites for hydroxylation is 3. The van der Waals surface area contributed by atoms with Crippen LogP contribution in [-0.4, -0.2) is 11.7 Å². The molecular weight excluding hydrogens is 258 g/mol. The number of rotatable bonds is 5. The fourth-order valence-corrected chi connectivity index (χ4v) is 2.90. The van der Waals surface area contributed by atoms with Crippen molar-refractivity contribution in [2.45, 2.75) is 26.3 Å². The van der Waals surface area contributed by atoms with Gasteiger partial charge in [-0.1, -0.05) is 30.3 Å². The van der Waals surface area contributed by atoms with E-state index in [4.69, 9.17) is 4.74 Å². The Labute approximate surface area is 126 Å². The van der Waals surface area contributed by atoms with Crippen molar-refractivity contribution in [3.8, 4) is 5.75 Å². The van der Waals surface area contributed by atoms with E-state index in [2.05, 4.69) is 60.0 Å². The van der Waals surface area contributed by atoms with E-state index in [0.717, 1.165) is 25.1 Å². The van der Waals surface area contributed by atoms with Gasteiger partial charge in [-0.3, -0.25) is 0 Å². The van der Waals surface area contributed by atoms with Crippen LogP contribution in [0.1, 0.15) is 17.7 Å². The normalized spacial score (nSPS) is 11.0. The predicted octanol–water partition coefficient (Wildman–Crippen LogP) is 4.59. The molecule has 0 N–H and O–H groups in total. The maximum Gasteiger partial charge on any atom is 0.119 e. The van der Waals surface area contributed by atoms with Gasteiger partial charge < -0.3 is 9.30 Å². The summed E-state index contributed by atoms with van der Waals surface area (Å²) in [6.07, 6.45) is 2.27. The minimum atomic E-state index is 0.920. The van der Waals surface area contributed by atoms with E-state index in [1.807, 2.05) is 6.07 Å². The lowest BCUT2D eigenvalue weighted by Crippen LogP contribution is -2.01. The number of hydrogen-bond acceptors (Lipinski definition) is 1. The van der Waals surface area contributed by atoms with Gasteiger partial charge in [0.15, 0.2) is 0 Å². The minimum Gasteiger partial charge on any atom is -0.497 e. The molecule has 0 fully saturated rings. The smallest absolute Gasteiger partial charge is 0.119 e. The number of fused-ring (bicyclic) bond motifs is 1. The first-order valence-corrected chi connectivity index (χ1v) is 7.46. The summed E-state index contributed by atoms with van der Waals surface area (Å²) >= 11 is 0. The third kappa shape index (κ3) is 2.94. The first kappa shape index (κ1) is 13.7. The molecular formula is C19H21NO. The zero-order valence-corrected chi connectivity index (χ0v) is 12.7. The topological polar surface area (TPSA) is 14.2 Å². The monoisotopic (exact) mass is 279 g/mol. The van der Waals surface area contributed by atoms with Crippen molar-refractivity contribution in [1.29, 1.82) is 0 Å². The molecule has 0 radical (unpaired) electrons. The van der Waals surface area contributed by atoms with Crippen LogP contribution in [0.3, 0.4) is 0 Å². The molecule has 0 aliphatic heterocycles. The van der Waals surface area contributed by atoms with Crippen molar-refractivity contribution < 1.29 is 4.74 Å². The lowest BCUT2D eigenvalue weighted by Gasteiger charge is -2.09. The van der Waals surface area contributed by atoms with Crippen LogP contribution < -0.4 is 4.74 Å². The third-order valence-corrected chi connectivity index (χ3v) is 4.01. The first-order chi connectivity index (χ1) is 10.3. The van der Waals surface area contributed by atoms with Crippen LogP contribution in [0.15, 0.2) is 54.6 Å². The van der Waals surface area contributed by atoms with Crippen molar-refractivity contribution in [2.24, 2.45) is 0 Å². The van der Waals surface area contributed by atoms with Crippen molar-refractivity contribution >= 4 is 10.9 Å². The molecule has 1 aromatic heterocycles. The van der Waals surface area contributed by atoms with Gasteiger partial charge in [0.05, 0.1) is 7.11 Å². The molecule has 2 heteroatoms. The molecule has 0 aliphatic rings. The number of hydrogen-bond donors (Lipinski definition) is 0. The van der Waals surface area contributed by atoms with Crippen molar-refractivity contribution in [3.05, 3.63) is 65.9 Å². The van der Waals surface area contributed by atoms with Crippen LogP contribution in [0.4, 0.5) is 0 Å². The van der Waals surface area contributed by atoms with Gasteiger partial charge in [-0.25, -0.2) is 0 Å². The van der Waals surface area contributed by atoms with Gasteiger partial charge in [0.25, 0.3) is 0 Å². The van der Waals surface area contributed by atoms with Gasteiger partial charge >= 0.3 is 0 Å². The second kappa shape index (κ2) is 6.04. The van der Waals surface area contributed by atoms with Crippen LogP contribution in [-0.2, 0) is 13.0 Å². The highest BCUT2D eigenvalue weighted by Crippen LogP contribution is 2.24. The average molecular weight is 279 g/mol. The molecule has 21 heavy (non-hydrogen) atoms. The first-order valence-electron chi connectivity index (χ1n) is 7.46. The molecule has 3 rings (SSSR count). The Morgan fingerprint density at radius 1 is 1.00 bits per heavy atom. The van der Waals surface area contributed by atoms with Gasteiger partial charge in [-0.2, -0.15) is 0 Å². The fraction of sp³-hybridized carbons (Fsp3) is 0.263. The number of methoxy groups -OCH3 is 1. The molecule has 0 bridgehead atoms. The molecule has 3 aromatic rings. The van der Waals surface area contributed by atoms with E-state index in [9.17, 15) is 0 Å². The summed E-state index contributed by atoms with van der Waals surface area (Å²) in [6, 6.07) is 19.2. The SMILES string of the molecule is COc1ccc2c(c1)cc(C)n2CCCc1ccccc1. The van der Waals surface area contributed by atoms with Crippen molar-refractivity contribution in [3.63, 3.8) is 0 Å². The summed E-state index contributed by atoms with van der Waals surface area (Å²) < 4.78 is 7.70. The van der Waals surface area contributed by atoms with Gasteiger partial charge in [0, 0.05) is 23.1 Å². The Bertz CT molecular complexity index is 728. The van der Waals surface area contributed by atoms with E-state index < -0.39 is 0 Å². The lowest BCUT2D eigenvalue weighted by atomic mass is 10.1. The molecule has 0 unspecified atom stereocenters. The van der Waals surface area contributed by atoms with E-state index in [1.165, 1.54) is 22.2 Å². The number of aromatic nitrogens is 1. The zero-order chi connectivity index (χ0) is 14.7. The molecule has 1 heterocycles. The summed E-state index contributed by atoms with van der Waals surface area (Å²) in [7, 11) is 1.71. The highest BCUT2D eigenvalue weighted by Gasteiger charge is 2.06. The maximum atomic E-state index is 5.30. The maximum absolute atomic E-state index is 5.30. The van der Waals surface area contributed by atoms with E-state index in [0.29, 0.717) is 0 Å². The standard InChI is InChI=1S/C19H21NO/c1-15-13-17-14-18(21-2)10-11-19(17)20(15)12-6-9-16-7-4-3-5-8-16/h3-5,7-8,10-11,13-14H,6,9,12H2,1-2H3. The fourth-order valence-electron chi connectivity index (χ4n) is 2.90. The van der Waals surface area contributed by atoms with Crippen molar-refractivity contribution in [1.82, 2.24) is 4.57 Å². The third-order valence-electron chi connectivity index (χ3n) is 4.01. The van der Waals surface area contributed by atoms with Crippen LogP contribution >= 0.6 is 0 Å².